The molecule has 28 heavy (non-hydrogen) atoms. The number of halogens is 2. The van der Waals surface area contributed by atoms with Crippen molar-refractivity contribution in [2.45, 2.75) is 43.8 Å². The number of nitrogens with one attached hydrogen (secondary N) is 1. The molecule has 0 unspecified atom stereocenters. The molecule has 0 spiro atoms. The Morgan fingerprint density at radius 2 is 1.93 bits per heavy atom. The van der Waals surface area contributed by atoms with Gasteiger partial charge in [-0.3, -0.25) is 9.36 Å². The largest absolute Gasteiger partial charge is 0.341 e. The van der Waals surface area contributed by atoms with Crippen molar-refractivity contribution in [1.29, 1.82) is 0 Å². The van der Waals surface area contributed by atoms with Gasteiger partial charge in [-0.2, -0.15) is 0 Å². The minimum atomic E-state index is -0.109. The Bertz CT molecular complexity index is 862. The zero-order valence-electron chi connectivity index (χ0n) is 15.7. The van der Waals surface area contributed by atoms with Gasteiger partial charge in [0.25, 0.3) is 0 Å². The number of anilines is 2. The van der Waals surface area contributed by atoms with E-state index in [9.17, 15) is 4.79 Å². The van der Waals surface area contributed by atoms with Crippen molar-refractivity contribution in [1.82, 2.24) is 14.8 Å². The summed E-state index contributed by atoms with van der Waals surface area (Å²) < 4.78 is 2.23. The summed E-state index contributed by atoms with van der Waals surface area (Å²) in [5, 5.41) is 13.4. The molecule has 2 fully saturated rings. The summed E-state index contributed by atoms with van der Waals surface area (Å²) in [6.07, 6.45) is 4.68. The second kappa shape index (κ2) is 8.51. The Balaban J connectivity index is 1.40. The number of nitrogens with zero attached hydrogens (tertiary/aromatic N) is 4. The maximum absolute atomic E-state index is 12.3. The fourth-order valence-electron chi connectivity index (χ4n) is 3.35. The molecule has 0 atom stereocenters. The number of aromatic nitrogens is 3. The van der Waals surface area contributed by atoms with Crippen LogP contribution in [0.5, 0.6) is 0 Å². The molecule has 1 aromatic heterocycles. The highest BCUT2D eigenvalue weighted by atomic mass is 35.5. The highest BCUT2D eigenvalue weighted by Gasteiger charge is 2.32. The highest BCUT2D eigenvalue weighted by Crippen LogP contribution is 2.41. The maximum Gasteiger partial charge on any atom is 0.234 e. The van der Waals surface area contributed by atoms with Crippen molar-refractivity contribution in [3.63, 3.8) is 0 Å². The Morgan fingerprint density at radius 1 is 1.18 bits per heavy atom. The molecular formula is C19H23Cl2N5OS. The topological polar surface area (TPSA) is 63.1 Å². The smallest absolute Gasteiger partial charge is 0.234 e. The number of thioether (sulfide) groups is 1. The molecular weight excluding hydrogens is 417 g/mol. The van der Waals surface area contributed by atoms with E-state index in [1.165, 1.54) is 24.6 Å². The Labute approximate surface area is 179 Å². The lowest BCUT2D eigenvalue weighted by Crippen LogP contribution is -2.34. The third kappa shape index (κ3) is 4.58. The third-order valence-corrected chi connectivity index (χ3v) is 6.84. The van der Waals surface area contributed by atoms with Crippen LogP contribution < -0.4 is 10.2 Å². The molecule has 9 heteroatoms. The molecule has 4 rings (SSSR count). The summed E-state index contributed by atoms with van der Waals surface area (Å²) in [5.74, 6) is 1.89. The summed E-state index contributed by atoms with van der Waals surface area (Å²) in [7, 11) is 0. The van der Waals surface area contributed by atoms with E-state index in [1.54, 1.807) is 18.2 Å². The predicted molar refractivity (Wildman–Crippen MR) is 115 cm³/mol. The number of piperidine rings is 1. The van der Waals surface area contributed by atoms with Crippen molar-refractivity contribution < 1.29 is 4.79 Å². The summed E-state index contributed by atoms with van der Waals surface area (Å²) in [6, 6.07) is 5.51. The van der Waals surface area contributed by atoms with Crippen molar-refractivity contribution >= 4 is 52.5 Å². The second-order valence-corrected chi connectivity index (χ2v) is 9.28. The molecule has 1 amide bonds. The van der Waals surface area contributed by atoms with Crippen molar-refractivity contribution in [2.75, 3.05) is 29.1 Å². The molecule has 0 radical (unpaired) electrons. The molecule has 1 aromatic carbocycles. The SMILES string of the molecule is CC1CCN(c2nnc(SCC(=O)Nc3ccc(Cl)c(Cl)c3)n2C2CC2)CC1. The standard InChI is InChI=1S/C19H23Cl2N5OS/c1-12-6-8-25(9-7-12)18-23-24-19(26(18)14-3-4-14)28-11-17(27)22-13-2-5-15(20)16(21)10-13/h2,5,10,12,14H,3-4,6-9,11H2,1H3,(H,22,27). The Kier molecular flexibility index (Phi) is 6.04. The highest BCUT2D eigenvalue weighted by molar-refractivity contribution is 7.99. The first kappa shape index (κ1) is 19.9. The van der Waals surface area contributed by atoms with E-state index < -0.39 is 0 Å². The molecule has 2 aromatic rings. The molecule has 2 heterocycles. The quantitative estimate of drug-likeness (QED) is 0.649. The zero-order valence-corrected chi connectivity index (χ0v) is 18.0. The molecule has 6 nitrogen and oxygen atoms in total. The van der Waals surface area contributed by atoms with E-state index in [0.29, 0.717) is 21.8 Å². The number of carbonyl (C=O) groups is 1. The molecule has 1 N–H and O–H groups in total. The van der Waals surface area contributed by atoms with E-state index in [4.69, 9.17) is 23.2 Å². The number of amides is 1. The first-order valence-corrected chi connectivity index (χ1v) is 11.3. The van der Waals surface area contributed by atoms with Crippen molar-refractivity contribution in [3.8, 4) is 0 Å². The van der Waals surface area contributed by atoms with E-state index in [2.05, 4.69) is 31.9 Å². The van der Waals surface area contributed by atoms with Gasteiger partial charge in [0.15, 0.2) is 5.16 Å². The van der Waals surface area contributed by atoms with Gasteiger partial charge in [0.1, 0.15) is 0 Å². The van der Waals surface area contributed by atoms with Gasteiger partial charge in [-0.15, -0.1) is 10.2 Å². The van der Waals surface area contributed by atoms with Crippen LogP contribution in [0.4, 0.5) is 11.6 Å². The van der Waals surface area contributed by atoms with Gasteiger partial charge >= 0.3 is 0 Å². The average Bonchev–Trinajstić information content (AvgIpc) is 3.43. The normalized spacial score (nSPS) is 17.8. The first-order chi connectivity index (χ1) is 13.5. The minimum Gasteiger partial charge on any atom is -0.341 e. The summed E-state index contributed by atoms with van der Waals surface area (Å²) in [6.45, 7) is 4.35. The fraction of sp³-hybridized carbons (Fsp3) is 0.526. The van der Waals surface area contributed by atoms with Gasteiger partial charge < -0.3 is 10.2 Å². The van der Waals surface area contributed by atoms with Crippen LogP contribution in [0.15, 0.2) is 23.4 Å². The number of hydrogen-bond acceptors (Lipinski definition) is 5. The van der Waals surface area contributed by atoms with Gasteiger partial charge in [0.2, 0.25) is 11.9 Å². The van der Waals surface area contributed by atoms with Crippen LogP contribution in [0.2, 0.25) is 10.0 Å². The number of hydrogen-bond donors (Lipinski definition) is 1. The van der Waals surface area contributed by atoms with Crippen LogP contribution in [0.25, 0.3) is 0 Å². The molecule has 1 aliphatic heterocycles. The van der Waals surface area contributed by atoms with E-state index in [0.717, 1.165) is 43.0 Å². The molecule has 1 aliphatic carbocycles. The number of carbonyl (C=O) groups excluding carboxylic acids is 1. The Hall–Kier alpha value is -1.44. The zero-order chi connectivity index (χ0) is 19.7. The molecule has 0 bridgehead atoms. The van der Waals surface area contributed by atoms with Crippen LogP contribution in [0.1, 0.15) is 38.6 Å². The second-order valence-electron chi connectivity index (χ2n) is 7.52. The number of rotatable bonds is 6. The van der Waals surface area contributed by atoms with Crippen molar-refractivity contribution in [3.05, 3.63) is 28.2 Å². The third-order valence-electron chi connectivity index (χ3n) is 5.16. The van der Waals surface area contributed by atoms with Crippen LogP contribution in [-0.4, -0.2) is 39.5 Å². The lowest BCUT2D eigenvalue weighted by Gasteiger charge is -2.31. The molecule has 150 valence electrons. The van der Waals surface area contributed by atoms with Gasteiger partial charge in [-0.25, -0.2) is 0 Å². The maximum atomic E-state index is 12.3. The van der Waals surface area contributed by atoms with Crippen LogP contribution in [0.3, 0.4) is 0 Å². The minimum absolute atomic E-state index is 0.109. The monoisotopic (exact) mass is 439 g/mol. The van der Waals surface area contributed by atoms with Gasteiger partial charge in [-0.1, -0.05) is 41.9 Å². The van der Waals surface area contributed by atoms with Crippen molar-refractivity contribution in [2.24, 2.45) is 5.92 Å². The van der Waals surface area contributed by atoms with E-state index in [-0.39, 0.29) is 11.7 Å². The predicted octanol–water partition coefficient (Wildman–Crippen LogP) is 4.89. The lowest BCUT2D eigenvalue weighted by atomic mass is 10.00. The van der Waals surface area contributed by atoms with Crippen LogP contribution in [0, 0.1) is 5.92 Å². The molecule has 1 saturated carbocycles. The summed E-state index contributed by atoms with van der Waals surface area (Å²) >= 11 is 13.3. The number of benzene rings is 1. The summed E-state index contributed by atoms with van der Waals surface area (Å²) in [4.78, 5) is 14.7. The molecule has 2 aliphatic rings. The fourth-order valence-corrected chi connectivity index (χ4v) is 4.44. The van der Waals surface area contributed by atoms with E-state index >= 15 is 0 Å². The average molecular weight is 440 g/mol. The molecule has 1 saturated heterocycles. The van der Waals surface area contributed by atoms with Gasteiger partial charge in [0, 0.05) is 24.8 Å². The van der Waals surface area contributed by atoms with Crippen LogP contribution >= 0.6 is 35.0 Å². The van der Waals surface area contributed by atoms with Gasteiger partial charge in [-0.05, 0) is 49.8 Å². The Morgan fingerprint density at radius 3 is 2.61 bits per heavy atom. The summed E-state index contributed by atoms with van der Waals surface area (Å²) in [5.41, 5.74) is 0.631. The van der Waals surface area contributed by atoms with Crippen LogP contribution in [-0.2, 0) is 4.79 Å². The lowest BCUT2D eigenvalue weighted by molar-refractivity contribution is -0.113. The van der Waals surface area contributed by atoms with Gasteiger partial charge in [0.05, 0.1) is 15.8 Å². The van der Waals surface area contributed by atoms with E-state index in [1.807, 2.05) is 0 Å². The first-order valence-electron chi connectivity index (χ1n) is 9.59.